The van der Waals surface area contributed by atoms with Gasteiger partial charge in [-0.05, 0) is 12.0 Å². The Bertz CT molecular complexity index is 557. The second-order valence-electron chi connectivity index (χ2n) is 4.50. The van der Waals surface area contributed by atoms with Crippen LogP contribution in [0.1, 0.15) is 24.7 Å². The number of nitrogens with one attached hydrogen (secondary N) is 1. The smallest absolute Gasteiger partial charge is 0.242 e. The number of hydrogen-bond acceptors (Lipinski definition) is 5. The molecule has 0 radical (unpaired) electrons. The zero-order valence-electron chi connectivity index (χ0n) is 11.9. The number of benzene rings is 1. The maximum absolute atomic E-state index is 6.01. The highest BCUT2D eigenvalue weighted by Crippen LogP contribution is 2.26. The van der Waals surface area contributed by atoms with Crippen LogP contribution in [0, 0.1) is 0 Å². The molecular formula is C15H20N4O. The van der Waals surface area contributed by atoms with Crippen LogP contribution in [0.5, 0.6) is 5.88 Å². The summed E-state index contributed by atoms with van der Waals surface area (Å²) in [5.41, 5.74) is 7.63. The zero-order valence-corrected chi connectivity index (χ0v) is 11.9. The summed E-state index contributed by atoms with van der Waals surface area (Å²) in [7, 11) is 1.56. The van der Waals surface area contributed by atoms with Crippen molar-refractivity contribution >= 4 is 11.5 Å². The standard InChI is InChI=1S/C15H20N4O/c1-3-7-12-18-14(13(16)15(19-12)20-2)17-10-11-8-5-4-6-9-11/h4-6,8-9H,3,7,10,16H2,1-2H3,(H,17,18,19). The summed E-state index contributed by atoms with van der Waals surface area (Å²) in [5.74, 6) is 1.80. The fourth-order valence-corrected chi connectivity index (χ4v) is 1.90. The Labute approximate surface area is 119 Å². The average Bonchev–Trinajstić information content (AvgIpc) is 2.48. The number of nitrogen functional groups attached to an aromatic ring is 1. The van der Waals surface area contributed by atoms with Gasteiger partial charge in [0.1, 0.15) is 11.5 Å². The first kappa shape index (κ1) is 14.1. The molecule has 2 aromatic rings. The van der Waals surface area contributed by atoms with Gasteiger partial charge in [0.2, 0.25) is 5.88 Å². The van der Waals surface area contributed by atoms with Crippen LogP contribution in [0.4, 0.5) is 11.5 Å². The molecule has 106 valence electrons. The van der Waals surface area contributed by atoms with Crippen LogP contribution in [0.15, 0.2) is 30.3 Å². The third-order valence-corrected chi connectivity index (χ3v) is 2.93. The molecule has 3 N–H and O–H groups in total. The summed E-state index contributed by atoms with van der Waals surface area (Å²) < 4.78 is 5.21. The lowest BCUT2D eigenvalue weighted by Gasteiger charge is -2.12. The van der Waals surface area contributed by atoms with Gasteiger partial charge in [-0.3, -0.25) is 0 Å². The molecule has 0 aliphatic carbocycles. The summed E-state index contributed by atoms with van der Waals surface area (Å²) in [6.07, 6.45) is 1.78. The maximum Gasteiger partial charge on any atom is 0.242 e. The molecule has 0 aliphatic rings. The molecule has 20 heavy (non-hydrogen) atoms. The van der Waals surface area contributed by atoms with E-state index in [4.69, 9.17) is 10.5 Å². The van der Waals surface area contributed by atoms with Crippen molar-refractivity contribution in [1.29, 1.82) is 0 Å². The Hall–Kier alpha value is -2.30. The number of hydrogen-bond donors (Lipinski definition) is 2. The number of ether oxygens (including phenoxy) is 1. The topological polar surface area (TPSA) is 73.1 Å². The number of methoxy groups -OCH3 is 1. The van der Waals surface area contributed by atoms with E-state index < -0.39 is 0 Å². The van der Waals surface area contributed by atoms with Crippen LogP contribution in [0.3, 0.4) is 0 Å². The zero-order chi connectivity index (χ0) is 14.4. The number of nitrogens with two attached hydrogens (primary N) is 1. The van der Waals surface area contributed by atoms with E-state index in [0.717, 1.165) is 18.7 Å². The fourth-order valence-electron chi connectivity index (χ4n) is 1.90. The Kier molecular flexibility index (Phi) is 4.76. The summed E-state index contributed by atoms with van der Waals surface area (Å²) in [5, 5.41) is 3.25. The maximum atomic E-state index is 6.01. The van der Waals surface area contributed by atoms with Gasteiger partial charge in [-0.15, -0.1) is 0 Å². The van der Waals surface area contributed by atoms with E-state index in [0.29, 0.717) is 23.9 Å². The lowest BCUT2D eigenvalue weighted by atomic mass is 10.2. The van der Waals surface area contributed by atoms with Crippen molar-refractivity contribution in [2.24, 2.45) is 0 Å². The van der Waals surface area contributed by atoms with Crippen LogP contribution in [0.2, 0.25) is 0 Å². The van der Waals surface area contributed by atoms with Crippen LogP contribution in [0.25, 0.3) is 0 Å². The molecule has 5 heteroatoms. The molecule has 0 unspecified atom stereocenters. The first-order chi connectivity index (χ1) is 9.74. The van der Waals surface area contributed by atoms with E-state index in [1.54, 1.807) is 7.11 Å². The molecule has 0 saturated carbocycles. The Morgan fingerprint density at radius 1 is 1.20 bits per heavy atom. The quantitative estimate of drug-likeness (QED) is 0.845. The van der Waals surface area contributed by atoms with Gasteiger partial charge in [0, 0.05) is 13.0 Å². The minimum Gasteiger partial charge on any atom is -0.479 e. The van der Waals surface area contributed by atoms with Gasteiger partial charge in [0.15, 0.2) is 5.82 Å². The number of anilines is 2. The van der Waals surface area contributed by atoms with Gasteiger partial charge in [0.25, 0.3) is 0 Å². The van der Waals surface area contributed by atoms with Gasteiger partial charge in [-0.2, -0.15) is 4.98 Å². The average molecular weight is 272 g/mol. The van der Waals surface area contributed by atoms with Crippen LogP contribution >= 0.6 is 0 Å². The molecule has 1 heterocycles. The van der Waals surface area contributed by atoms with Crippen molar-refractivity contribution in [2.45, 2.75) is 26.3 Å². The summed E-state index contributed by atoms with van der Waals surface area (Å²) in [6.45, 7) is 2.75. The van der Waals surface area contributed by atoms with E-state index in [-0.39, 0.29) is 0 Å². The molecule has 0 spiro atoms. The molecular weight excluding hydrogens is 252 g/mol. The van der Waals surface area contributed by atoms with Crippen LogP contribution < -0.4 is 15.8 Å². The highest BCUT2D eigenvalue weighted by atomic mass is 16.5. The van der Waals surface area contributed by atoms with Crippen molar-refractivity contribution in [1.82, 2.24) is 9.97 Å². The van der Waals surface area contributed by atoms with Crippen molar-refractivity contribution in [3.8, 4) is 5.88 Å². The molecule has 2 rings (SSSR count). The fraction of sp³-hybridized carbons (Fsp3) is 0.333. The first-order valence-electron chi connectivity index (χ1n) is 6.72. The molecule has 1 aromatic heterocycles. The molecule has 0 aliphatic heterocycles. The van der Waals surface area contributed by atoms with E-state index >= 15 is 0 Å². The van der Waals surface area contributed by atoms with E-state index in [1.807, 2.05) is 18.2 Å². The molecule has 0 bridgehead atoms. The molecule has 5 nitrogen and oxygen atoms in total. The van der Waals surface area contributed by atoms with Gasteiger partial charge in [-0.1, -0.05) is 37.3 Å². The monoisotopic (exact) mass is 272 g/mol. The number of aryl methyl sites for hydroxylation is 1. The van der Waals surface area contributed by atoms with Crippen LogP contribution in [-0.4, -0.2) is 17.1 Å². The Morgan fingerprint density at radius 2 is 1.95 bits per heavy atom. The Morgan fingerprint density at radius 3 is 2.60 bits per heavy atom. The SMILES string of the molecule is CCCc1nc(NCc2ccccc2)c(N)c(OC)n1. The second-order valence-corrected chi connectivity index (χ2v) is 4.50. The third kappa shape index (κ3) is 3.38. The lowest BCUT2D eigenvalue weighted by Crippen LogP contribution is -2.09. The predicted octanol–water partition coefficient (Wildman–Crippen LogP) is 2.63. The largest absolute Gasteiger partial charge is 0.479 e. The Balaban J connectivity index is 2.19. The number of aromatic nitrogens is 2. The van der Waals surface area contributed by atoms with Crippen LogP contribution in [-0.2, 0) is 13.0 Å². The van der Waals surface area contributed by atoms with E-state index in [1.165, 1.54) is 5.56 Å². The minimum absolute atomic E-state index is 0.430. The van der Waals surface area contributed by atoms with E-state index in [9.17, 15) is 0 Å². The first-order valence-corrected chi connectivity index (χ1v) is 6.72. The summed E-state index contributed by atoms with van der Waals surface area (Å²) in [6, 6.07) is 10.1. The summed E-state index contributed by atoms with van der Waals surface area (Å²) in [4.78, 5) is 8.76. The number of nitrogens with zero attached hydrogens (tertiary/aromatic N) is 2. The predicted molar refractivity (Wildman–Crippen MR) is 80.8 cm³/mol. The van der Waals surface area contributed by atoms with E-state index in [2.05, 4.69) is 34.3 Å². The molecule has 1 aromatic carbocycles. The second kappa shape index (κ2) is 6.75. The minimum atomic E-state index is 0.430. The molecule has 0 saturated heterocycles. The molecule has 0 amide bonds. The van der Waals surface area contributed by atoms with Gasteiger partial charge in [-0.25, -0.2) is 4.98 Å². The van der Waals surface area contributed by atoms with Crippen molar-refractivity contribution in [3.05, 3.63) is 41.7 Å². The lowest BCUT2D eigenvalue weighted by molar-refractivity contribution is 0.397. The third-order valence-electron chi connectivity index (χ3n) is 2.93. The van der Waals surface area contributed by atoms with Gasteiger partial charge in [0.05, 0.1) is 7.11 Å². The highest BCUT2D eigenvalue weighted by Gasteiger charge is 2.11. The molecule has 0 fully saturated rings. The van der Waals surface area contributed by atoms with Gasteiger partial charge < -0.3 is 15.8 Å². The van der Waals surface area contributed by atoms with Crippen molar-refractivity contribution in [3.63, 3.8) is 0 Å². The normalized spacial score (nSPS) is 10.3. The highest BCUT2D eigenvalue weighted by molar-refractivity contribution is 5.67. The summed E-state index contributed by atoms with van der Waals surface area (Å²) >= 11 is 0. The number of rotatable bonds is 6. The molecule has 0 atom stereocenters. The van der Waals surface area contributed by atoms with Crippen molar-refractivity contribution < 1.29 is 4.74 Å². The van der Waals surface area contributed by atoms with Gasteiger partial charge >= 0.3 is 0 Å². The van der Waals surface area contributed by atoms with Crippen molar-refractivity contribution in [2.75, 3.05) is 18.2 Å².